The van der Waals surface area contributed by atoms with Gasteiger partial charge in [-0.15, -0.1) is 0 Å². The van der Waals surface area contributed by atoms with E-state index in [0.29, 0.717) is 23.3 Å². The molecular formula is C43H24Cl2N6. The number of fused-ring (bicyclic) bond motifs is 10. The van der Waals surface area contributed by atoms with Gasteiger partial charge in [0.25, 0.3) is 0 Å². The molecule has 10 rings (SSSR count). The third-order valence-corrected chi connectivity index (χ3v) is 10.2. The van der Waals surface area contributed by atoms with Gasteiger partial charge in [-0.25, -0.2) is 9.97 Å². The van der Waals surface area contributed by atoms with E-state index in [9.17, 15) is 0 Å². The monoisotopic (exact) mass is 694 g/mol. The minimum atomic E-state index is -0.637. The Morgan fingerprint density at radius 1 is 0.314 bits per heavy atom. The van der Waals surface area contributed by atoms with Crippen molar-refractivity contribution in [2.75, 3.05) is 0 Å². The van der Waals surface area contributed by atoms with E-state index >= 15 is 0 Å². The molecule has 2 aliphatic rings. The van der Waals surface area contributed by atoms with E-state index in [1.165, 1.54) is 11.1 Å². The second-order valence-electron chi connectivity index (χ2n) is 12.5. The van der Waals surface area contributed by atoms with Crippen molar-refractivity contribution in [2.24, 2.45) is 0 Å². The Morgan fingerprint density at radius 3 is 1.12 bits per heavy atom. The summed E-state index contributed by atoms with van der Waals surface area (Å²) in [4.78, 5) is 28.3. The Kier molecular flexibility index (Phi) is 6.71. The molecule has 240 valence electrons. The Bertz CT molecular complexity index is 2490. The Hall–Kier alpha value is -6.08. The van der Waals surface area contributed by atoms with E-state index < -0.39 is 5.41 Å². The van der Waals surface area contributed by atoms with Gasteiger partial charge in [-0.1, -0.05) is 146 Å². The number of halogens is 2. The lowest BCUT2D eigenvalue weighted by molar-refractivity contribution is 0.794. The summed E-state index contributed by atoms with van der Waals surface area (Å²) in [6.07, 6.45) is 0. The van der Waals surface area contributed by atoms with Crippen molar-refractivity contribution < 1.29 is 0 Å². The van der Waals surface area contributed by atoms with Gasteiger partial charge in [0.15, 0.2) is 23.3 Å². The molecule has 51 heavy (non-hydrogen) atoms. The first-order valence-corrected chi connectivity index (χ1v) is 17.3. The van der Waals surface area contributed by atoms with Crippen molar-refractivity contribution in [1.29, 1.82) is 0 Å². The normalized spacial score (nSPS) is 13.1. The minimum Gasteiger partial charge on any atom is -0.208 e. The highest BCUT2D eigenvalue weighted by Gasteiger charge is 2.53. The van der Waals surface area contributed by atoms with Crippen LogP contribution in [0.25, 0.3) is 67.8 Å². The molecule has 0 saturated carbocycles. The molecule has 2 heterocycles. The van der Waals surface area contributed by atoms with Crippen LogP contribution in [0.15, 0.2) is 146 Å². The SMILES string of the molecule is Clc1nc(-c2ccccc2)nc(-c2cccc3c2-c2ccccc2C32c3ccccc3-c3c(-c4nc(Cl)nc(-c5ccccc5)n4)cccc32)n1. The molecule has 1 spiro atoms. The van der Waals surface area contributed by atoms with Gasteiger partial charge in [0.1, 0.15) is 0 Å². The van der Waals surface area contributed by atoms with E-state index in [1.807, 2.05) is 60.7 Å². The second kappa shape index (κ2) is 11.5. The summed E-state index contributed by atoms with van der Waals surface area (Å²) >= 11 is 13.2. The summed E-state index contributed by atoms with van der Waals surface area (Å²) in [6, 6.07) is 49.7. The standard InChI is InChI=1S/C43H24Cl2N6/c44-41-48-37(25-13-3-1-4-14-25)46-39(50-41)29-19-11-23-33-35(29)27-17-7-9-21-31(27)43(33)32-22-10-8-18-28(32)36-30(20-12-24-34(36)43)40-47-38(49-42(45)51-40)26-15-5-2-6-16-26/h1-24H. The molecule has 0 aliphatic heterocycles. The molecule has 6 aromatic carbocycles. The predicted octanol–water partition coefficient (Wildman–Crippen LogP) is 10.4. The molecule has 2 aromatic heterocycles. The molecule has 0 atom stereocenters. The zero-order chi connectivity index (χ0) is 34.1. The molecule has 6 nitrogen and oxygen atoms in total. The average molecular weight is 696 g/mol. The topological polar surface area (TPSA) is 77.3 Å². The molecular weight excluding hydrogens is 671 g/mol. The maximum Gasteiger partial charge on any atom is 0.226 e. The van der Waals surface area contributed by atoms with Crippen LogP contribution in [0, 0.1) is 0 Å². The Labute approximate surface area is 303 Å². The van der Waals surface area contributed by atoms with E-state index in [2.05, 4.69) is 105 Å². The maximum atomic E-state index is 6.60. The quantitative estimate of drug-likeness (QED) is 0.182. The summed E-state index contributed by atoms with van der Waals surface area (Å²) in [5.41, 5.74) is 11.9. The number of hydrogen-bond donors (Lipinski definition) is 0. The Balaban J connectivity index is 1.25. The fourth-order valence-electron chi connectivity index (χ4n) is 7.98. The van der Waals surface area contributed by atoms with Crippen molar-refractivity contribution in [2.45, 2.75) is 5.41 Å². The van der Waals surface area contributed by atoms with E-state index in [-0.39, 0.29) is 10.6 Å². The van der Waals surface area contributed by atoms with Crippen molar-refractivity contribution in [3.63, 3.8) is 0 Å². The fourth-order valence-corrected chi connectivity index (χ4v) is 8.30. The van der Waals surface area contributed by atoms with Crippen molar-refractivity contribution >= 4 is 23.2 Å². The molecule has 0 amide bonds. The zero-order valence-electron chi connectivity index (χ0n) is 26.8. The smallest absolute Gasteiger partial charge is 0.208 e. The van der Waals surface area contributed by atoms with Gasteiger partial charge >= 0.3 is 0 Å². The lowest BCUT2D eigenvalue weighted by Crippen LogP contribution is -2.25. The number of aromatic nitrogens is 6. The largest absolute Gasteiger partial charge is 0.226 e. The van der Waals surface area contributed by atoms with Crippen LogP contribution in [0.4, 0.5) is 0 Å². The predicted molar refractivity (Wildman–Crippen MR) is 201 cm³/mol. The van der Waals surface area contributed by atoms with Gasteiger partial charge in [-0.3, -0.25) is 0 Å². The average Bonchev–Trinajstić information content (AvgIpc) is 3.66. The third kappa shape index (κ3) is 4.43. The molecule has 0 bridgehead atoms. The van der Waals surface area contributed by atoms with Crippen LogP contribution < -0.4 is 0 Å². The molecule has 0 fully saturated rings. The molecule has 0 radical (unpaired) electrons. The van der Waals surface area contributed by atoms with Crippen molar-refractivity contribution in [3.8, 4) is 67.8 Å². The fraction of sp³-hybridized carbons (Fsp3) is 0.0233. The van der Waals surface area contributed by atoms with Gasteiger partial charge in [0, 0.05) is 22.3 Å². The summed E-state index contributed by atoms with van der Waals surface area (Å²) in [7, 11) is 0. The van der Waals surface area contributed by atoms with Crippen LogP contribution >= 0.6 is 23.2 Å². The summed E-state index contributed by atoms with van der Waals surface area (Å²) in [6.45, 7) is 0. The molecule has 8 aromatic rings. The molecule has 2 aliphatic carbocycles. The van der Waals surface area contributed by atoms with Crippen LogP contribution in [0.5, 0.6) is 0 Å². The number of hydrogen-bond acceptors (Lipinski definition) is 6. The van der Waals surface area contributed by atoms with E-state index in [1.54, 1.807) is 0 Å². The van der Waals surface area contributed by atoms with E-state index in [0.717, 1.165) is 55.6 Å². The van der Waals surface area contributed by atoms with E-state index in [4.69, 9.17) is 33.2 Å². The van der Waals surface area contributed by atoms with Crippen LogP contribution in [0.1, 0.15) is 22.3 Å². The first-order valence-electron chi connectivity index (χ1n) is 16.5. The second-order valence-corrected chi connectivity index (χ2v) is 13.2. The number of nitrogens with zero attached hydrogens (tertiary/aromatic N) is 6. The van der Waals surface area contributed by atoms with Crippen molar-refractivity contribution in [1.82, 2.24) is 29.9 Å². The Morgan fingerprint density at radius 2 is 0.667 bits per heavy atom. The molecule has 0 saturated heterocycles. The van der Waals surface area contributed by atoms with Crippen molar-refractivity contribution in [3.05, 3.63) is 178 Å². The van der Waals surface area contributed by atoms with Crippen LogP contribution in [0.2, 0.25) is 10.6 Å². The minimum absolute atomic E-state index is 0.143. The molecule has 0 unspecified atom stereocenters. The van der Waals surface area contributed by atoms with Gasteiger partial charge in [-0.05, 0) is 67.7 Å². The van der Waals surface area contributed by atoms with Crippen LogP contribution in [-0.2, 0) is 5.41 Å². The lowest BCUT2D eigenvalue weighted by Gasteiger charge is -2.30. The summed E-state index contributed by atoms with van der Waals surface area (Å²) in [5.74, 6) is 2.09. The first-order chi connectivity index (χ1) is 25.1. The zero-order valence-corrected chi connectivity index (χ0v) is 28.3. The molecule has 0 N–H and O–H groups in total. The van der Waals surface area contributed by atoms with Gasteiger partial charge in [-0.2, -0.15) is 19.9 Å². The van der Waals surface area contributed by atoms with Gasteiger partial charge < -0.3 is 0 Å². The highest BCUT2D eigenvalue weighted by Crippen LogP contribution is 2.64. The van der Waals surface area contributed by atoms with Gasteiger partial charge in [0.2, 0.25) is 10.6 Å². The third-order valence-electron chi connectivity index (χ3n) is 9.90. The van der Waals surface area contributed by atoms with Crippen LogP contribution in [-0.4, -0.2) is 29.9 Å². The first kappa shape index (κ1) is 29.8. The summed E-state index contributed by atoms with van der Waals surface area (Å²) in [5, 5.41) is 0.286. The van der Waals surface area contributed by atoms with Gasteiger partial charge in [0.05, 0.1) is 5.41 Å². The molecule has 8 heteroatoms. The number of benzene rings is 6. The highest BCUT2D eigenvalue weighted by atomic mass is 35.5. The maximum absolute atomic E-state index is 6.60. The van der Waals surface area contributed by atoms with Crippen LogP contribution in [0.3, 0.4) is 0 Å². The number of rotatable bonds is 4. The lowest BCUT2D eigenvalue weighted by atomic mass is 9.70. The highest BCUT2D eigenvalue weighted by molar-refractivity contribution is 6.28. The summed E-state index contributed by atoms with van der Waals surface area (Å²) < 4.78 is 0.